The normalized spacial score (nSPS) is 18.8. The lowest BCUT2D eigenvalue weighted by atomic mass is 9.99. The number of nitrogens with zero attached hydrogens (tertiary/aromatic N) is 1. The zero-order valence-electron chi connectivity index (χ0n) is 12.2. The van der Waals surface area contributed by atoms with E-state index in [1.54, 1.807) is 0 Å². The third-order valence-electron chi connectivity index (χ3n) is 3.59. The highest BCUT2D eigenvalue weighted by molar-refractivity contribution is 5.92. The molecule has 1 unspecified atom stereocenters. The zero-order chi connectivity index (χ0) is 15.2. The maximum atomic E-state index is 13.4. The van der Waals surface area contributed by atoms with Crippen molar-refractivity contribution in [2.24, 2.45) is 5.92 Å². The second-order valence-electron chi connectivity index (χ2n) is 5.58. The molecule has 1 saturated heterocycles. The summed E-state index contributed by atoms with van der Waals surface area (Å²) in [6.07, 6.45) is 2.32. The number of carbonyl (C=O) groups is 1. The standard InChI is InChI=1S/C15H21F2N3O/c1-20(9-11-3-2-6-18-8-11)10-15(21)19-14-5-4-12(16)7-13(14)17/h4-5,7,11,18H,2-3,6,8-10H2,1H3,(H,19,21). The molecule has 1 aromatic rings. The number of anilines is 1. The molecule has 21 heavy (non-hydrogen) atoms. The summed E-state index contributed by atoms with van der Waals surface area (Å²) in [5, 5.41) is 5.80. The molecule has 0 bridgehead atoms. The highest BCUT2D eigenvalue weighted by atomic mass is 19.1. The number of carbonyl (C=O) groups excluding carboxylic acids is 1. The fraction of sp³-hybridized carbons (Fsp3) is 0.533. The van der Waals surface area contributed by atoms with Crippen molar-refractivity contribution in [1.29, 1.82) is 0 Å². The van der Waals surface area contributed by atoms with Gasteiger partial charge in [-0.3, -0.25) is 9.69 Å². The molecule has 6 heteroatoms. The Labute approximate surface area is 123 Å². The minimum atomic E-state index is -0.762. The average molecular weight is 297 g/mol. The van der Waals surface area contributed by atoms with Gasteiger partial charge in [0.05, 0.1) is 12.2 Å². The number of benzene rings is 1. The first-order valence-corrected chi connectivity index (χ1v) is 7.19. The minimum Gasteiger partial charge on any atom is -0.322 e. The lowest BCUT2D eigenvalue weighted by Crippen LogP contribution is -2.39. The summed E-state index contributed by atoms with van der Waals surface area (Å²) in [5.41, 5.74) is 0.00846. The van der Waals surface area contributed by atoms with Gasteiger partial charge in [0.25, 0.3) is 0 Å². The molecule has 0 radical (unpaired) electrons. The van der Waals surface area contributed by atoms with E-state index in [4.69, 9.17) is 0 Å². The molecule has 0 saturated carbocycles. The number of amides is 1. The maximum Gasteiger partial charge on any atom is 0.238 e. The fourth-order valence-corrected chi connectivity index (χ4v) is 2.61. The Morgan fingerprint density at radius 2 is 2.29 bits per heavy atom. The van der Waals surface area contributed by atoms with E-state index in [0.717, 1.165) is 44.6 Å². The van der Waals surface area contributed by atoms with Crippen molar-refractivity contribution >= 4 is 11.6 Å². The molecule has 116 valence electrons. The molecule has 1 fully saturated rings. The van der Waals surface area contributed by atoms with Gasteiger partial charge in [0, 0.05) is 12.6 Å². The summed E-state index contributed by atoms with van der Waals surface area (Å²) in [6.45, 7) is 3.04. The van der Waals surface area contributed by atoms with Crippen LogP contribution in [0.4, 0.5) is 14.5 Å². The second-order valence-corrected chi connectivity index (χ2v) is 5.58. The summed E-state index contributed by atoms with van der Waals surface area (Å²) < 4.78 is 26.2. The first-order chi connectivity index (χ1) is 10.0. The fourth-order valence-electron chi connectivity index (χ4n) is 2.61. The number of rotatable bonds is 5. The molecule has 0 aliphatic carbocycles. The van der Waals surface area contributed by atoms with E-state index in [1.807, 2.05) is 11.9 Å². The van der Waals surface area contributed by atoms with Gasteiger partial charge in [0.1, 0.15) is 11.6 Å². The van der Waals surface area contributed by atoms with E-state index < -0.39 is 11.6 Å². The van der Waals surface area contributed by atoms with Crippen LogP contribution in [-0.2, 0) is 4.79 Å². The number of piperidine rings is 1. The van der Waals surface area contributed by atoms with Gasteiger partial charge in [-0.15, -0.1) is 0 Å². The molecule has 0 aromatic heterocycles. The molecule has 1 aliphatic rings. The molecular weight excluding hydrogens is 276 g/mol. The summed E-state index contributed by atoms with van der Waals surface area (Å²) >= 11 is 0. The second kappa shape index (κ2) is 7.47. The van der Waals surface area contributed by atoms with Crippen molar-refractivity contribution in [2.45, 2.75) is 12.8 Å². The Morgan fingerprint density at radius 3 is 2.95 bits per heavy atom. The van der Waals surface area contributed by atoms with Gasteiger partial charge in [0.2, 0.25) is 5.91 Å². The van der Waals surface area contributed by atoms with Crippen molar-refractivity contribution in [1.82, 2.24) is 10.2 Å². The highest BCUT2D eigenvalue weighted by Crippen LogP contribution is 2.15. The molecule has 4 nitrogen and oxygen atoms in total. The Hall–Kier alpha value is -1.53. The van der Waals surface area contributed by atoms with Gasteiger partial charge >= 0.3 is 0 Å². The van der Waals surface area contributed by atoms with Crippen LogP contribution in [-0.4, -0.2) is 44.0 Å². The van der Waals surface area contributed by atoms with Crippen LogP contribution < -0.4 is 10.6 Å². The van der Waals surface area contributed by atoms with Gasteiger partial charge in [-0.05, 0) is 51.0 Å². The number of hydrogen-bond acceptors (Lipinski definition) is 3. The number of hydrogen-bond donors (Lipinski definition) is 2. The molecule has 1 aromatic carbocycles. The molecule has 1 atom stereocenters. The molecule has 1 heterocycles. The molecule has 1 aliphatic heterocycles. The van der Waals surface area contributed by atoms with Crippen LogP contribution in [0.25, 0.3) is 0 Å². The first kappa shape index (κ1) is 15.9. The largest absolute Gasteiger partial charge is 0.322 e. The van der Waals surface area contributed by atoms with Crippen LogP contribution in [0.2, 0.25) is 0 Å². The molecule has 1 amide bonds. The summed E-state index contributed by atoms with van der Waals surface area (Å²) in [5.74, 6) is -1.18. The Kier molecular flexibility index (Phi) is 5.64. The number of likely N-dealkylation sites (N-methyl/N-ethyl adjacent to an activating group) is 1. The molecule has 0 spiro atoms. The number of nitrogens with one attached hydrogen (secondary N) is 2. The Bertz CT molecular complexity index is 490. The van der Waals surface area contributed by atoms with E-state index >= 15 is 0 Å². The van der Waals surface area contributed by atoms with E-state index in [0.29, 0.717) is 5.92 Å². The van der Waals surface area contributed by atoms with Crippen LogP contribution >= 0.6 is 0 Å². The van der Waals surface area contributed by atoms with Crippen LogP contribution in [0.3, 0.4) is 0 Å². The van der Waals surface area contributed by atoms with Crippen molar-refractivity contribution in [3.05, 3.63) is 29.8 Å². The zero-order valence-corrected chi connectivity index (χ0v) is 12.2. The average Bonchev–Trinajstić information content (AvgIpc) is 2.43. The predicted molar refractivity (Wildman–Crippen MR) is 78.1 cm³/mol. The van der Waals surface area contributed by atoms with E-state index in [2.05, 4.69) is 10.6 Å². The van der Waals surface area contributed by atoms with Crippen molar-refractivity contribution in [3.8, 4) is 0 Å². The minimum absolute atomic E-state index is 0.00846. The third kappa shape index (κ3) is 5.06. The lowest BCUT2D eigenvalue weighted by Gasteiger charge is -2.27. The molecule has 2 N–H and O–H groups in total. The smallest absolute Gasteiger partial charge is 0.238 e. The van der Waals surface area contributed by atoms with Crippen molar-refractivity contribution in [2.75, 3.05) is 38.5 Å². The summed E-state index contributed by atoms with van der Waals surface area (Å²) in [4.78, 5) is 13.8. The summed E-state index contributed by atoms with van der Waals surface area (Å²) in [7, 11) is 1.87. The number of halogens is 2. The topological polar surface area (TPSA) is 44.4 Å². The highest BCUT2D eigenvalue weighted by Gasteiger charge is 2.17. The lowest BCUT2D eigenvalue weighted by molar-refractivity contribution is -0.117. The SMILES string of the molecule is CN(CC(=O)Nc1ccc(F)cc1F)CC1CCCNC1. The van der Waals surface area contributed by atoms with Crippen molar-refractivity contribution < 1.29 is 13.6 Å². The van der Waals surface area contributed by atoms with E-state index in [1.165, 1.54) is 6.07 Å². The van der Waals surface area contributed by atoms with Gasteiger partial charge in [-0.2, -0.15) is 0 Å². The van der Waals surface area contributed by atoms with Crippen LogP contribution in [0.5, 0.6) is 0 Å². The molecular formula is C15H21F2N3O. The first-order valence-electron chi connectivity index (χ1n) is 7.19. The van der Waals surface area contributed by atoms with Crippen LogP contribution in [0.15, 0.2) is 18.2 Å². The van der Waals surface area contributed by atoms with Gasteiger partial charge in [-0.25, -0.2) is 8.78 Å². The van der Waals surface area contributed by atoms with Crippen LogP contribution in [0.1, 0.15) is 12.8 Å². The summed E-state index contributed by atoms with van der Waals surface area (Å²) in [6, 6.07) is 3.11. The van der Waals surface area contributed by atoms with Gasteiger partial charge in [-0.1, -0.05) is 0 Å². The Balaban J connectivity index is 1.80. The predicted octanol–water partition coefficient (Wildman–Crippen LogP) is 1.83. The van der Waals surface area contributed by atoms with E-state index in [-0.39, 0.29) is 18.1 Å². The van der Waals surface area contributed by atoms with Gasteiger partial charge in [0.15, 0.2) is 0 Å². The quantitative estimate of drug-likeness (QED) is 0.871. The van der Waals surface area contributed by atoms with Gasteiger partial charge < -0.3 is 10.6 Å². The molecule has 2 rings (SSSR count). The van der Waals surface area contributed by atoms with Crippen LogP contribution in [0, 0.1) is 17.6 Å². The maximum absolute atomic E-state index is 13.4. The Morgan fingerprint density at radius 1 is 1.48 bits per heavy atom. The third-order valence-corrected chi connectivity index (χ3v) is 3.59. The van der Waals surface area contributed by atoms with E-state index in [9.17, 15) is 13.6 Å². The van der Waals surface area contributed by atoms with Crippen molar-refractivity contribution in [3.63, 3.8) is 0 Å². The monoisotopic (exact) mass is 297 g/mol.